The highest BCUT2D eigenvalue weighted by molar-refractivity contribution is 8.14. The van der Waals surface area contributed by atoms with E-state index in [1.807, 2.05) is 0 Å². The van der Waals surface area contributed by atoms with Gasteiger partial charge in [-0.15, -0.1) is 11.3 Å². The molecule has 2 aliphatic rings. The number of carboxylic acids is 1. The van der Waals surface area contributed by atoms with Crippen LogP contribution < -0.4 is 11.1 Å². The van der Waals surface area contributed by atoms with Crippen LogP contribution in [0.15, 0.2) is 44.6 Å². The van der Waals surface area contributed by atoms with Gasteiger partial charge in [0.2, 0.25) is 0 Å². The van der Waals surface area contributed by atoms with Crippen molar-refractivity contribution in [3.05, 3.63) is 46.5 Å². The van der Waals surface area contributed by atoms with Gasteiger partial charge in [0.15, 0.2) is 16.6 Å². The number of nitrogens with two attached hydrogens (primary N) is 1. The molecule has 4 heterocycles. The Hall–Kier alpha value is -3.50. The van der Waals surface area contributed by atoms with Crippen LogP contribution in [0, 0.1) is 0 Å². The number of β-lactam (4-membered cyclic amide) rings is 1. The molecule has 4 rings (SSSR count). The number of carboxylic acid groups (broad SMARTS) is 1. The topological polar surface area (TPSA) is 194 Å². The third-order valence-corrected chi connectivity index (χ3v) is 8.24. The summed E-state index contributed by atoms with van der Waals surface area (Å²) in [4.78, 5) is 59.4. The lowest BCUT2D eigenvalue weighted by Crippen LogP contribution is -2.74. The molecule has 13 nitrogen and oxygen atoms in total. The number of aliphatic carboxylic acids is 1. The monoisotopic (exact) mass is 539 g/mol. The number of furan rings is 1. The molecule has 3 atom stereocenters. The van der Waals surface area contributed by atoms with Crippen molar-refractivity contribution in [2.45, 2.75) is 11.4 Å². The summed E-state index contributed by atoms with van der Waals surface area (Å²) in [5, 5.41) is 15.9. The second-order valence-electron chi connectivity index (χ2n) is 7.08. The van der Waals surface area contributed by atoms with Crippen LogP contribution in [0.5, 0.6) is 0 Å². The molecule has 2 aliphatic heterocycles. The molecule has 0 radical (unpaired) electrons. The Morgan fingerprint density at radius 1 is 1.49 bits per heavy atom. The van der Waals surface area contributed by atoms with Gasteiger partial charge in [-0.2, -0.15) is 0 Å². The number of hydrogen-bond donors (Lipinski definition) is 3. The van der Waals surface area contributed by atoms with Crippen LogP contribution in [0.3, 0.4) is 0 Å². The lowest BCUT2D eigenvalue weighted by molar-refractivity contribution is -0.150. The smallest absolute Gasteiger partial charge is 0.352 e. The Bertz CT molecular complexity index is 1290. The van der Waals surface area contributed by atoms with Gasteiger partial charge < -0.3 is 25.4 Å². The van der Waals surface area contributed by atoms with E-state index in [1.165, 1.54) is 30.9 Å². The van der Waals surface area contributed by atoms with Crippen LogP contribution in [0.4, 0.5) is 5.13 Å². The summed E-state index contributed by atoms with van der Waals surface area (Å²) in [6, 6.07) is 1.74. The number of nitrogens with one attached hydrogen (secondary N) is 1. The van der Waals surface area contributed by atoms with Gasteiger partial charge >= 0.3 is 5.97 Å². The quantitative estimate of drug-likeness (QED) is 0.232. The number of carbonyl (C=O) groups excluding carboxylic acids is 3. The van der Waals surface area contributed by atoms with Crippen molar-refractivity contribution in [2.75, 3.05) is 24.3 Å². The van der Waals surface area contributed by atoms with E-state index < -0.39 is 45.1 Å². The molecule has 1 saturated heterocycles. The van der Waals surface area contributed by atoms with Crippen LogP contribution in [0.1, 0.15) is 16.2 Å². The molecule has 2 amide bonds. The summed E-state index contributed by atoms with van der Waals surface area (Å²) < 4.78 is 18.0. The van der Waals surface area contributed by atoms with Crippen molar-refractivity contribution in [3.8, 4) is 0 Å². The second kappa shape index (κ2) is 10.0. The first-order valence-corrected chi connectivity index (χ1v) is 13.0. The largest absolute Gasteiger partial charge is 0.477 e. The van der Waals surface area contributed by atoms with Crippen molar-refractivity contribution < 1.29 is 37.7 Å². The number of aromatic nitrogens is 1. The minimum atomic E-state index is -1.76. The van der Waals surface area contributed by atoms with Crippen molar-refractivity contribution in [3.63, 3.8) is 0 Å². The molecule has 35 heavy (non-hydrogen) atoms. The molecule has 0 aliphatic carbocycles. The Morgan fingerprint density at radius 3 is 2.86 bits per heavy atom. The van der Waals surface area contributed by atoms with E-state index in [1.54, 1.807) is 0 Å². The van der Waals surface area contributed by atoms with Crippen LogP contribution >= 0.6 is 23.1 Å². The lowest BCUT2D eigenvalue weighted by Gasteiger charge is -2.49. The fourth-order valence-corrected chi connectivity index (χ4v) is 6.65. The maximum Gasteiger partial charge on any atom is 0.352 e. The molecule has 184 valence electrons. The maximum atomic E-state index is 13.0. The van der Waals surface area contributed by atoms with Crippen molar-refractivity contribution >= 4 is 67.6 Å². The zero-order chi connectivity index (χ0) is 25.3. The van der Waals surface area contributed by atoms with Gasteiger partial charge in [-0.05, 0) is 17.7 Å². The average Bonchev–Trinajstić information content (AvgIpc) is 3.50. The Morgan fingerprint density at radius 2 is 2.26 bits per heavy atom. The number of thiazole rings is 1. The summed E-state index contributed by atoms with van der Waals surface area (Å²) in [7, 11) is -0.537. The van der Waals surface area contributed by atoms with Crippen LogP contribution in [-0.2, 0) is 30.0 Å². The van der Waals surface area contributed by atoms with Crippen molar-refractivity contribution in [2.24, 2.45) is 5.16 Å². The number of nitrogens with zero attached hydrogens (tertiary/aromatic N) is 3. The summed E-state index contributed by atoms with van der Waals surface area (Å²) in [6.07, 6.45) is 1.33. The zero-order valence-corrected chi connectivity index (χ0v) is 20.3. The standard InChI is InChI=1S/C19H17N5O8S3/c1-31-23-11(9-6-34-19(20)21-9)14(25)22-12-15(26)24-13(17(27)28)8(7-35(30)16(12)24)5-33-18(29)10-3-2-4-32-10/h2-4,6,12,16H,5,7H2,1H3,(H2,20,21)(H,22,25)(H,27,28)/b23-11+. The van der Waals surface area contributed by atoms with Gasteiger partial charge in [0.25, 0.3) is 16.9 Å². The minimum Gasteiger partial charge on any atom is -0.477 e. The highest BCUT2D eigenvalue weighted by Gasteiger charge is 2.57. The van der Waals surface area contributed by atoms with Crippen molar-refractivity contribution in [1.29, 1.82) is 0 Å². The maximum absolute atomic E-state index is 13.0. The minimum absolute atomic E-state index is 0.0838. The third-order valence-electron chi connectivity index (χ3n) is 4.96. The second-order valence-corrected chi connectivity index (χ2v) is 10.5. The SMILES string of the molecule is CO/N=C(/C(=O)NC1C(=O)N2C(C(=O)O)=C(CSC(=O)c3ccco3)CS(=O)C12)c1csc(N)n1. The molecule has 2 aromatic heterocycles. The van der Waals surface area contributed by atoms with E-state index in [0.717, 1.165) is 28.0 Å². The molecule has 16 heteroatoms. The van der Waals surface area contributed by atoms with E-state index in [4.69, 9.17) is 10.2 Å². The number of thioether (sulfide) groups is 1. The number of rotatable bonds is 8. The zero-order valence-electron chi connectivity index (χ0n) is 17.8. The van der Waals surface area contributed by atoms with Gasteiger partial charge in [0.1, 0.15) is 29.9 Å². The molecule has 0 saturated carbocycles. The summed E-state index contributed by atoms with van der Waals surface area (Å²) in [5.41, 5.74) is 5.26. The molecular formula is C19H17N5O8S3. The highest BCUT2D eigenvalue weighted by Crippen LogP contribution is 2.36. The number of oxime groups is 1. The van der Waals surface area contributed by atoms with E-state index in [-0.39, 0.29) is 45.1 Å². The first-order valence-electron chi connectivity index (χ1n) is 9.72. The summed E-state index contributed by atoms with van der Waals surface area (Å²) in [5.74, 6) is -3.22. The Balaban J connectivity index is 1.52. The van der Waals surface area contributed by atoms with Gasteiger partial charge in [0, 0.05) is 11.1 Å². The van der Waals surface area contributed by atoms with Crippen LogP contribution in [0.25, 0.3) is 0 Å². The molecule has 4 N–H and O–H groups in total. The Labute approximate surface area is 207 Å². The number of amides is 2. The van der Waals surface area contributed by atoms with E-state index in [9.17, 15) is 28.5 Å². The number of hydrogen-bond acceptors (Lipinski definition) is 12. The van der Waals surface area contributed by atoms with Gasteiger partial charge in [-0.3, -0.25) is 23.5 Å². The number of carbonyl (C=O) groups is 4. The first-order chi connectivity index (χ1) is 16.7. The number of anilines is 1. The molecule has 0 bridgehead atoms. The van der Waals surface area contributed by atoms with E-state index >= 15 is 0 Å². The summed E-state index contributed by atoms with van der Waals surface area (Å²) in [6.45, 7) is 0. The van der Waals surface area contributed by atoms with E-state index in [2.05, 4.69) is 20.3 Å². The highest BCUT2D eigenvalue weighted by atomic mass is 32.2. The molecule has 0 spiro atoms. The van der Waals surface area contributed by atoms with Gasteiger partial charge in [-0.25, -0.2) is 9.78 Å². The molecule has 3 unspecified atom stereocenters. The van der Waals surface area contributed by atoms with Crippen LogP contribution in [0.2, 0.25) is 0 Å². The molecule has 2 aromatic rings. The lowest BCUT2D eigenvalue weighted by atomic mass is 10.0. The molecule has 1 fully saturated rings. The normalized spacial score (nSPS) is 21.9. The third kappa shape index (κ3) is 4.71. The Kier molecular flexibility index (Phi) is 7.04. The molecular weight excluding hydrogens is 522 g/mol. The number of nitrogen functional groups attached to an aromatic ring is 1. The van der Waals surface area contributed by atoms with Gasteiger partial charge in [0.05, 0.1) is 22.8 Å². The van der Waals surface area contributed by atoms with Crippen molar-refractivity contribution in [1.82, 2.24) is 15.2 Å². The predicted molar refractivity (Wildman–Crippen MR) is 126 cm³/mol. The fourth-order valence-electron chi connectivity index (χ4n) is 3.48. The molecule has 0 aromatic carbocycles. The van der Waals surface area contributed by atoms with Gasteiger partial charge in [-0.1, -0.05) is 16.9 Å². The fraction of sp³-hybridized carbons (Fsp3) is 0.263. The van der Waals surface area contributed by atoms with Crippen LogP contribution in [-0.4, -0.2) is 77.8 Å². The average molecular weight is 540 g/mol. The summed E-state index contributed by atoms with van der Waals surface area (Å²) >= 11 is 1.84. The van der Waals surface area contributed by atoms with E-state index in [0.29, 0.717) is 0 Å². The first kappa shape index (κ1) is 24.6. The number of fused-ring (bicyclic) bond motifs is 1. The predicted octanol–water partition coefficient (Wildman–Crippen LogP) is -0.00350.